The third-order valence-corrected chi connectivity index (χ3v) is 3.04. The number of nitrogens with one attached hydrogen (secondary N) is 1. The van der Waals surface area contributed by atoms with Gasteiger partial charge in [0.1, 0.15) is 5.82 Å². The van der Waals surface area contributed by atoms with Crippen molar-refractivity contribution < 1.29 is 0 Å². The first-order chi connectivity index (χ1) is 8.25. The van der Waals surface area contributed by atoms with Crippen molar-refractivity contribution in [3.05, 3.63) is 24.4 Å². The topological polar surface area (TPSA) is 69.2 Å². The molecule has 92 valence electrons. The smallest absolute Gasteiger partial charge is 0.128 e. The van der Waals surface area contributed by atoms with E-state index in [9.17, 15) is 0 Å². The third kappa shape index (κ3) is 3.42. The normalized spacial score (nSPS) is 17.1. The van der Waals surface area contributed by atoms with E-state index < -0.39 is 0 Å². The zero-order valence-electron chi connectivity index (χ0n) is 9.97. The molecule has 0 spiro atoms. The molecule has 1 aliphatic rings. The van der Waals surface area contributed by atoms with E-state index in [4.69, 9.17) is 11.1 Å². The summed E-state index contributed by atoms with van der Waals surface area (Å²) in [5.74, 6) is 1.33. The van der Waals surface area contributed by atoms with E-state index in [1.165, 1.54) is 0 Å². The fourth-order valence-electron chi connectivity index (χ4n) is 2.02. The summed E-state index contributed by atoms with van der Waals surface area (Å²) in [4.78, 5) is 9.00. The SMILES string of the molecule is N=C(N)CCN1CCN(c2ccccn2)CC1. The molecule has 0 radical (unpaired) electrons. The van der Waals surface area contributed by atoms with Gasteiger partial charge in [-0.05, 0) is 12.1 Å². The molecule has 1 aromatic heterocycles. The number of pyridine rings is 1. The van der Waals surface area contributed by atoms with E-state index in [-0.39, 0.29) is 5.84 Å². The fourth-order valence-corrected chi connectivity index (χ4v) is 2.02. The summed E-state index contributed by atoms with van der Waals surface area (Å²) in [6.07, 6.45) is 2.50. The molecule has 17 heavy (non-hydrogen) atoms. The summed E-state index contributed by atoms with van der Waals surface area (Å²) in [7, 11) is 0. The first-order valence-corrected chi connectivity index (χ1v) is 5.97. The Labute approximate surface area is 102 Å². The van der Waals surface area contributed by atoms with Crippen molar-refractivity contribution in [1.29, 1.82) is 5.41 Å². The number of anilines is 1. The molecule has 2 heterocycles. The zero-order valence-corrected chi connectivity index (χ0v) is 9.97. The maximum atomic E-state index is 7.22. The van der Waals surface area contributed by atoms with Gasteiger partial charge >= 0.3 is 0 Å². The number of piperazine rings is 1. The van der Waals surface area contributed by atoms with Crippen LogP contribution in [-0.4, -0.2) is 48.4 Å². The first-order valence-electron chi connectivity index (χ1n) is 5.97. The van der Waals surface area contributed by atoms with E-state index in [1.807, 2.05) is 24.4 Å². The van der Waals surface area contributed by atoms with Crippen molar-refractivity contribution in [2.24, 2.45) is 5.73 Å². The van der Waals surface area contributed by atoms with Crippen LogP contribution in [0.3, 0.4) is 0 Å². The van der Waals surface area contributed by atoms with Crippen molar-refractivity contribution in [3.8, 4) is 0 Å². The molecule has 1 saturated heterocycles. The summed E-state index contributed by atoms with van der Waals surface area (Å²) in [6, 6.07) is 6.00. The highest BCUT2D eigenvalue weighted by Gasteiger charge is 2.17. The standard InChI is InChI=1S/C12H19N5/c13-11(14)4-6-16-7-9-17(10-8-16)12-3-1-2-5-15-12/h1-3,5H,4,6-10H2,(H3,13,14). The quantitative estimate of drug-likeness (QED) is 0.588. The molecule has 3 N–H and O–H groups in total. The van der Waals surface area contributed by atoms with Gasteiger partial charge in [0.15, 0.2) is 0 Å². The van der Waals surface area contributed by atoms with Crippen LogP contribution < -0.4 is 10.6 Å². The van der Waals surface area contributed by atoms with Crippen molar-refractivity contribution in [2.45, 2.75) is 6.42 Å². The molecular formula is C12H19N5. The second-order valence-corrected chi connectivity index (χ2v) is 4.29. The minimum Gasteiger partial charge on any atom is -0.388 e. The molecule has 0 bridgehead atoms. The van der Waals surface area contributed by atoms with Crippen LogP contribution in [0.25, 0.3) is 0 Å². The lowest BCUT2D eigenvalue weighted by Gasteiger charge is -2.35. The molecule has 5 heteroatoms. The number of aromatic nitrogens is 1. The Morgan fingerprint density at radius 1 is 1.29 bits per heavy atom. The van der Waals surface area contributed by atoms with Crippen molar-refractivity contribution in [1.82, 2.24) is 9.88 Å². The van der Waals surface area contributed by atoms with Gasteiger partial charge in [-0.15, -0.1) is 0 Å². The van der Waals surface area contributed by atoms with Crippen LogP contribution in [0, 0.1) is 5.41 Å². The number of nitrogens with two attached hydrogens (primary N) is 1. The molecule has 0 aliphatic carbocycles. The van der Waals surface area contributed by atoms with Gasteiger partial charge in [-0.2, -0.15) is 0 Å². The van der Waals surface area contributed by atoms with Gasteiger partial charge in [0.25, 0.3) is 0 Å². The molecule has 0 atom stereocenters. The number of hydrogen-bond acceptors (Lipinski definition) is 4. The lowest BCUT2D eigenvalue weighted by Crippen LogP contribution is -2.47. The van der Waals surface area contributed by atoms with E-state index in [2.05, 4.69) is 14.8 Å². The molecule has 0 saturated carbocycles. The first kappa shape index (κ1) is 11.9. The van der Waals surface area contributed by atoms with Crippen LogP contribution in [-0.2, 0) is 0 Å². The average Bonchev–Trinajstić information content (AvgIpc) is 2.38. The third-order valence-electron chi connectivity index (χ3n) is 3.04. The summed E-state index contributed by atoms with van der Waals surface area (Å²) in [6.45, 7) is 4.92. The lowest BCUT2D eigenvalue weighted by atomic mass is 10.2. The summed E-state index contributed by atoms with van der Waals surface area (Å²) in [5, 5.41) is 7.22. The summed E-state index contributed by atoms with van der Waals surface area (Å²) in [5.41, 5.74) is 5.36. The van der Waals surface area contributed by atoms with Gasteiger partial charge in [-0.25, -0.2) is 4.98 Å². The number of rotatable bonds is 4. The van der Waals surface area contributed by atoms with Crippen molar-refractivity contribution in [2.75, 3.05) is 37.6 Å². The number of amidine groups is 1. The zero-order chi connectivity index (χ0) is 12.1. The predicted octanol–water partition coefficient (Wildman–Crippen LogP) is 0.530. The van der Waals surface area contributed by atoms with E-state index in [0.717, 1.165) is 38.5 Å². The fraction of sp³-hybridized carbons (Fsp3) is 0.500. The Hall–Kier alpha value is -1.62. The second-order valence-electron chi connectivity index (χ2n) is 4.29. The molecule has 2 rings (SSSR count). The van der Waals surface area contributed by atoms with E-state index in [0.29, 0.717) is 6.42 Å². The minimum absolute atomic E-state index is 0.275. The maximum absolute atomic E-state index is 7.22. The van der Waals surface area contributed by atoms with E-state index in [1.54, 1.807) is 0 Å². The molecule has 0 aromatic carbocycles. The molecule has 1 aromatic rings. The van der Waals surface area contributed by atoms with Crippen LogP contribution in [0.2, 0.25) is 0 Å². The van der Waals surface area contributed by atoms with Gasteiger partial charge in [-0.3, -0.25) is 10.3 Å². The van der Waals surface area contributed by atoms with Crippen LogP contribution in [0.5, 0.6) is 0 Å². The monoisotopic (exact) mass is 233 g/mol. The minimum atomic E-state index is 0.275. The Morgan fingerprint density at radius 3 is 2.65 bits per heavy atom. The maximum Gasteiger partial charge on any atom is 0.128 e. The van der Waals surface area contributed by atoms with Crippen LogP contribution in [0.4, 0.5) is 5.82 Å². The second kappa shape index (κ2) is 5.63. The van der Waals surface area contributed by atoms with Crippen molar-refractivity contribution >= 4 is 11.7 Å². The average molecular weight is 233 g/mol. The molecule has 1 fully saturated rings. The van der Waals surface area contributed by atoms with Gasteiger partial charge in [-0.1, -0.05) is 6.07 Å². The Balaban J connectivity index is 1.80. The molecule has 5 nitrogen and oxygen atoms in total. The Bertz CT molecular complexity index is 356. The van der Waals surface area contributed by atoms with Crippen LogP contribution in [0.15, 0.2) is 24.4 Å². The number of nitrogens with zero attached hydrogens (tertiary/aromatic N) is 3. The lowest BCUT2D eigenvalue weighted by molar-refractivity contribution is 0.264. The van der Waals surface area contributed by atoms with Crippen molar-refractivity contribution in [3.63, 3.8) is 0 Å². The summed E-state index contributed by atoms with van der Waals surface area (Å²) >= 11 is 0. The molecule has 0 unspecified atom stereocenters. The van der Waals surface area contributed by atoms with Crippen LogP contribution in [0.1, 0.15) is 6.42 Å². The van der Waals surface area contributed by atoms with E-state index >= 15 is 0 Å². The molecular weight excluding hydrogens is 214 g/mol. The van der Waals surface area contributed by atoms with Gasteiger partial charge in [0.05, 0.1) is 5.84 Å². The highest BCUT2D eigenvalue weighted by atomic mass is 15.3. The predicted molar refractivity (Wildman–Crippen MR) is 69.4 cm³/mol. The molecule has 1 aliphatic heterocycles. The highest BCUT2D eigenvalue weighted by Crippen LogP contribution is 2.12. The Kier molecular flexibility index (Phi) is 3.93. The number of hydrogen-bond donors (Lipinski definition) is 2. The van der Waals surface area contributed by atoms with Gasteiger partial charge < -0.3 is 10.6 Å². The molecule has 0 amide bonds. The Morgan fingerprint density at radius 2 is 2.06 bits per heavy atom. The van der Waals surface area contributed by atoms with Crippen LogP contribution >= 0.6 is 0 Å². The highest BCUT2D eigenvalue weighted by molar-refractivity contribution is 5.76. The van der Waals surface area contributed by atoms with Gasteiger partial charge in [0.2, 0.25) is 0 Å². The largest absolute Gasteiger partial charge is 0.388 e. The van der Waals surface area contributed by atoms with Gasteiger partial charge in [0, 0.05) is 45.3 Å². The summed E-state index contributed by atoms with van der Waals surface area (Å²) < 4.78 is 0.